The lowest BCUT2D eigenvalue weighted by atomic mass is 10.1. The predicted octanol–water partition coefficient (Wildman–Crippen LogP) is 1.27. The van der Waals surface area contributed by atoms with Gasteiger partial charge in [-0.25, -0.2) is 0 Å². The third kappa shape index (κ3) is 2.83. The Balaban J connectivity index is 2.17. The molecule has 1 aromatic carbocycles. The number of benzene rings is 1. The summed E-state index contributed by atoms with van der Waals surface area (Å²) in [7, 11) is 0. The van der Waals surface area contributed by atoms with Crippen LogP contribution in [-0.4, -0.2) is 25.5 Å². The van der Waals surface area contributed by atoms with Crippen LogP contribution in [0.2, 0.25) is 0 Å². The predicted molar refractivity (Wildman–Crippen MR) is 65.6 cm³/mol. The highest BCUT2D eigenvalue weighted by Gasteiger charge is 2.16. The molecule has 0 bridgehead atoms. The topological polar surface area (TPSA) is 56.1 Å². The molecule has 1 saturated heterocycles. The standard InChI is InChI=1S/C13H15N3O/c14-10-11-3-5-12(6-4-11)16-9-8-15-7-1-2-13(16)17/h3-6,15H,1-2,7-9H2. The number of nitrogens with zero attached hydrogens (tertiary/aromatic N) is 2. The largest absolute Gasteiger partial charge is 0.315 e. The smallest absolute Gasteiger partial charge is 0.227 e. The lowest BCUT2D eigenvalue weighted by Crippen LogP contribution is -2.39. The minimum absolute atomic E-state index is 0.163. The molecule has 17 heavy (non-hydrogen) atoms. The van der Waals surface area contributed by atoms with Crippen LogP contribution in [0, 0.1) is 11.3 Å². The molecule has 1 aliphatic heterocycles. The van der Waals surface area contributed by atoms with E-state index in [1.54, 1.807) is 17.0 Å². The van der Waals surface area contributed by atoms with Crippen LogP contribution in [0.25, 0.3) is 0 Å². The molecule has 0 radical (unpaired) electrons. The first-order valence-corrected chi connectivity index (χ1v) is 5.82. The van der Waals surface area contributed by atoms with Crippen LogP contribution in [0.1, 0.15) is 18.4 Å². The summed E-state index contributed by atoms with van der Waals surface area (Å²) in [6.07, 6.45) is 1.46. The SMILES string of the molecule is N#Cc1ccc(N2CCNCCCC2=O)cc1. The molecule has 0 unspecified atom stereocenters. The second kappa shape index (κ2) is 5.46. The fourth-order valence-corrected chi connectivity index (χ4v) is 1.93. The van der Waals surface area contributed by atoms with E-state index in [0.29, 0.717) is 18.5 Å². The number of hydrogen-bond acceptors (Lipinski definition) is 3. The summed E-state index contributed by atoms with van der Waals surface area (Å²) in [5.41, 5.74) is 1.49. The fraction of sp³-hybridized carbons (Fsp3) is 0.385. The van der Waals surface area contributed by atoms with Crippen molar-refractivity contribution in [2.24, 2.45) is 0 Å². The van der Waals surface area contributed by atoms with E-state index in [0.717, 1.165) is 25.2 Å². The lowest BCUT2D eigenvalue weighted by Gasteiger charge is -2.25. The van der Waals surface area contributed by atoms with Crippen molar-refractivity contribution in [1.82, 2.24) is 5.32 Å². The van der Waals surface area contributed by atoms with E-state index in [2.05, 4.69) is 11.4 Å². The number of nitriles is 1. The Kier molecular flexibility index (Phi) is 3.73. The van der Waals surface area contributed by atoms with Crippen LogP contribution in [0.3, 0.4) is 0 Å². The number of hydrogen-bond donors (Lipinski definition) is 1. The Labute approximate surface area is 101 Å². The Bertz CT molecular complexity index is 433. The van der Waals surface area contributed by atoms with Crippen molar-refractivity contribution in [2.75, 3.05) is 24.5 Å². The third-order valence-corrected chi connectivity index (χ3v) is 2.87. The molecule has 4 nitrogen and oxygen atoms in total. The molecule has 4 heteroatoms. The van der Waals surface area contributed by atoms with Crippen LogP contribution in [0.15, 0.2) is 24.3 Å². The first-order chi connectivity index (χ1) is 8.31. The van der Waals surface area contributed by atoms with Gasteiger partial charge in [0, 0.05) is 25.2 Å². The van der Waals surface area contributed by atoms with E-state index in [9.17, 15) is 4.79 Å². The van der Waals surface area contributed by atoms with Crippen LogP contribution in [0.4, 0.5) is 5.69 Å². The first kappa shape index (κ1) is 11.6. The molecule has 1 N–H and O–H groups in total. The Morgan fingerprint density at radius 1 is 1.24 bits per heavy atom. The van der Waals surface area contributed by atoms with Gasteiger partial charge in [0.2, 0.25) is 5.91 Å². The van der Waals surface area contributed by atoms with Crippen molar-refractivity contribution >= 4 is 11.6 Å². The summed E-state index contributed by atoms with van der Waals surface area (Å²) >= 11 is 0. The van der Waals surface area contributed by atoms with Crippen LogP contribution >= 0.6 is 0 Å². The van der Waals surface area contributed by atoms with Crippen molar-refractivity contribution in [3.63, 3.8) is 0 Å². The summed E-state index contributed by atoms with van der Waals surface area (Å²) < 4.78 is 0. The third-order valence-electron chi connectivity index (χ3n) is 2.87. The van der Waals surface area contributed by atoms with Crippen LogP contribution in [-0.2, 0) is 4.79 Å². The Morgan fingerprint density at radius 3 is 2.71 bits per heavy atom. The zero-order chi connectivity index (χ0) is 12.1. The summed E-state index contributed by atoms with van der Waals surface area (Å²) in [6.45, 7) is 2.41. The van der Waals surface area contributed by atoms with Gasteiger partial charge < -0.3 is 10.2 Å². The molecular weight excluding hydrogens is 214 g/mol. The van der Waals surface area contributed by atoms with Gasteiger partial charge in [0.1, 0.15) is 0 Å². The quantitative estimate of drug-likeness (QED) is 0.789. The molecule has 1 aromatic rings. The maximum absolute atomic E-state index is 12.0. The average Bonchev–Trinajstić information content (AvgIpc) is 2.35. The van der Waals surface area contributed by atoms with Crippen molar-refractivity contribution in [3.8, 4) is 6.07 Å². The maximum Gasteiger partial charge on any atom is 0.227 e. The van der Waals surface area contributed by atoms with Gasteiger partial charge in [-0.1, -0.05) is 0 Å². The number of carbonyl (C=O) groups is 1. The highest BCUT2D eigenvalue weighted by Crippen LogP contribution is 2.17. The van der Waals surface area contributed by atoms with Gasteiger partial charge >= 0.3 is 0 Å². The molecular formula is C13H15N3O. The summed E-state index contributed by atoms with van der Waals surface area (Å²) in [4.78, 5) is 13.7. The van der Waals surface area contributed by atoms with Gasteiger partial charge in [-0.05, 0) is 37.2 Å². The second-order valence-corrected chi connectivity index (χ2v) is 4.06. The van der Waals surface area contributed by atoms with E-state index in [-0.39, 0.29) is 5.91 Å². The molecule has 1 aliphatic rings. The number of carbonyl (C=O) groups excluding carboxylic acids is 1. The molecule has 1 fully saturated rings. The highest BCUT2D eigenvalue weighted by atomic mass is 16.2. The summed E-state index contributed by atoms with van der Waals surface area (Å²) in [6, 6.07) is 9.23. The fourth-order valence-electron chi connectivity index (χ4n) is 1.93. The van der Waals surface area contributed by atoms with Crippen molar-refractivity contribution in [2.45, 2.75) is 12.8 Å². The molecule has 2 rings (SSSR count). The van der Waals surface area contributed by atoms with Crippen molar-refractivity contribution < 1.29 is 4.79 Å². The zero-order valence-corrected chi connectivity index (χ0v) is 9.65. The number of amides is 1. The first-order valence-electron chi connectivity index (χ1n) is 5.82. The molecule has 0 aromatic heterocycles. The van der Waals surface area contributed by atoms with Gasteiger partial charge in [-0.2, -0.15) is 5.26 Å². The minimum Gasteiger partial charge on any atom is -0.315 e. The molecule has 1 amide bonds. The number of anilines is 1. The van der Waals surface area contributed by atoms with E-state index < -0.39 is 0 Å². The van der Waals surface area contributed by atoms with Gasteiger partial charge in [-0.15, -0.1) is 0 Å². The minimum atomic E-state index is 0.163. The van der Waals surface area contributed by atoms with Gasteiger partial charge in [0.05, 0.1) is 11.6 Å². The van der Waals surface area contributed by atoms with Crippen molar-refractivity contribution in [1.29, 1.82) is 5.26 Å². The van der Waals surface area contributed by atoms with E-state index in [1.807, 2.05) is 12.1 Å². The molecule has 0 aliphatic carbocycles. The number of nitrogens with one attached hydrogen (secondary N) is 1. The van der Waals surface area contributed by atoms with E-state index >= 15 is 0 Å². The van der Waals surface area contributed by atoms with Gasteiger partial charge in [-0.3, -0.25) is 4.79 Å². The van der Waals surface area contributed by atoms with Crippen molar-refractivity contribution in [3.05, 3.63) is 29.8 Å². The average molecular weight is 229 g/mol. The molecule has 0 saturated carbocycles. The Hall–Kier alpha value is -1.86. The highest BCUT2D eigenvalue weighted by molar-refractivity contribution is 5.93. The van der Waals surface area contributed by atoms with E-state index in [4.69, 9.17) is 5.26 Å². The van der Waals surface area contributed by atoms with Gasteiger partial charge in [0.25, 0.3) is 0 Å². The maximum atomic E-state index is 12.0. The Morgan fingerprint density at radius 2 is 2.00 bits per heavy atom. The van der Waals surface area contributed by atoms with E-state index in [1.165, 1.54) is 0 Å². The van der Waals surface area contributed by atoms with Crippen LogP contribution in [0.5, 0.6) is 0 Å². The molecule has 88 valence electrons. The molecule has 1 heterocycles. The zero-order valence-electron chi connectivity index (χ0n) is 9.65. The molecule has 0 spiro atoms. The van der Waals surface area contributed by atoms with Gasteiger partial charge in [0.15, 0.2) is 0 Å². The number of rotatable bonds is 1. The molecule has 0 atom stereocenters. The monoisotopic (exact) mass is 229 g/mol. The summed E-state index contributed by atoms with van der Waals surface area (Å²) in [5, 5.41) is 12.0. The second-order valence-electron chi connectivity index (χ2n) is 4.06. The lowest BCUT2D eigenvalue weighted by molar-refractivity contribution is -0.118. The van der Waals surface area contributed by atoms with Crippen LogP contribution < -0.4 is 10.2 Å². The summed E-state index contributed by atoms with van der Waals surface area (Å²) in [5.74, 6) is 0.163. The normalized spacial score (nSPS) is 17.1.